The molecule has 2 saturated carbocycles. The Hall–Kier alpha value is -2.66. The largest absolute Gasteiger partial charge is 0.444 e. The van der Waals surface area contributed by atoms with Crippen LogP contribution in [0.15, 0.2) is 32.7 Å². The van der Waals surface area contributed by atoms with Crippen molar-refractivity contribution >= 4 is 27.0 Å². The van der Waals surface area contributed by atoms with E-state index in [4.69, 9.17) is 4.74 Å². The second-order valence-corrected chi connectivity index (χ2v) is 13.7. The number of nitrogens with one attached hydrogen (secondary N) is 1. The molecule has 1 saturated heterocycles. The molecule has 1 aromatic carbocycles. The van der Waals surface area contributed by atoms with Crippen LogP contribution in [-0.2, 0) is 21.3 Å². The number of nitrogens with zero attached hydrogens (tertiary/aromatic N) is 3. The third-order valence-corrected chi connectivity index (χ3v) is 9.09. The lowest BCUT2D eigenvalue weighted by molar-refractivity contribution is 0.0186. The molecule has 1 aromatic heterocycles. The van der Waals surface area contributed by atoms with E-state index in [0.717, 1.165) is 25.7 Å². The number of sulfonamides is 1. The second kappa shape index (κ2) is 8.97. The van der Waals surface area contributed by atoms with Crippen molar-refractivity contribution in [2.75, 3.05) is 13.1 Å². The molecule has 0 unspecified atom stereocenters. The quantitative estimate of drug-likeness (QED) is 0.611. The molecular formula is C26H36N4O6S. The fraction of sp³-hybridized carbons (Fsp3) is 0.654. The average molecular weight is 533 g/mol. The second-order valence-electron chi connectivity index (χ2n) is 12.1. The van der Waals surface area contributed by atoms with Crippen molar-refractivity contribution in [1.82, 2.24) is 18.8 Å². The zero-order chi connectivity index (χ0) is 26.8. The molecule has 1 amide bonds. The molecule has 2 heterocycles. The van der Waals surface area contributed by atoms with Gasteiger partial charge in [0.2, 0.25) is 10.0 Å². The van der Waals surface area contributed by atoms with Crippen LogP contribution < -0.4 is 16.0 Å². The van der Waals surface area contributed by atoms with Crippen LogP contribution in [0.3, 0.4) is 0 Å². The molecule has 0 radical (unpaired) electrons. The molecule has 10 nitrogen and oxygen atoms in total. The highest BCUT2D eigenvalue weighted by Crippen LogP contribution is 2.36. The van der Waals surface area contributed by atoms with Crippen LogP contribution >= 0.6 is 0 Å². The molecular weight excluding hydrogens is 496 g/mol. The SMILES string of the molecule is CC1(NS(=O)(=O)c2ccc3c(c2)c(=O)n(C2CCN(C(=O)OC(C)(C)C)CC2)c(=O)n3CC2CC2)CC1. The van der Waals surface area contributed by atoms with Gasteiger partial charge >= 0.3 is 11.8 Å². The number of carbonyl (C=O) groups excluding carboxylic acids is 1. The third kappa shape index (κ3) is 5.47. The van der Waals surface area contributed by atoms with E-state index in [0.29, 0.717) is 43.9 Å². The van der Waals surface area contributed by atoms with Crippen molar-refractivity contribution in [2.24, 2.45) is 5.92 Å². The summed E-state index contributed by atoms with van der Waals surface area (Å²) in [6.07, 6.45) is 4.05. The Morgan fingerprint density at radius 2 is 1.76 bits per heavy atom. The van der Waals surface area contributed by atoms with Crippen molar-refractivity contribution in [2.45, 2.75) is 94.8 Å². The molecule has 37 heavy (non-hydrogen) atoms. The lowest BCUT2D eigenvalue weighted by Crippen LogP contribution is -2.48. The number of amides is 1. The maximum absolute atomic E-state index is 13.7. The molecule has 0 bridgehead atoms. The van der Waals surface area contributed by atoms with E-state index in [2.05, 4.69) is 4.72 Å². The minimum Gasteiger partial charge on any atom is -0.444 e. The van der Waals surface area contributed by atoms with Gasteiger partial charge in [0.15, 0.2) is 0 Å². The van der Waals surface area contributed by atoms with Crippen molar-refractivity contribution in [3.8, 4) is 0 Å². The Morgan fingerprint density at radius 3 is 2.32 bits per heavy atom. The first kappa shape index (κ1) is 26.0. The summed E-state index contributed by atoms with van der Waals surface area (Å²) in [5.74, 6) is 0.376. The van der Waals surface area contributed by atoms with E-state index < -0.39 is 38.9 Å². The van der Waals surface area contributed by atoms with Gasteiger partial charge in [0.1, 0.15) is 5.60 Å². The minimum absolute atomic E-state index is 0.0214. The van der Waals surface area contributed by atoms with E-state index in [-0.39, 0.29) is 16.0 Å². The molecule has 0 spiro atoms. The predicted molar refractivity (Wildman–Crippen MR) is 139 cm³/mol. The fourth-order valence-electron chi connectivity index (χ4n) is 4.90. The van der Waals surface area contributed by atoms with Gasteiger partial charge in [-0.3, -0.25) is 13.9 Å². The first-order valence-electron chi connectivity index (χ1n) is 13.1. The smallest absolute Gasteiger partial charge is 0.410 e. The fourth-order valence-corrected chi connectivity index (χ4v) is 6.39. The van der Waals surface area contributed by atoms with Crippen molar-refractivity contribution in [3.63, 3.8) is 0 Å². The summed E-state index contributed by atoms with van der Waals surface area (Å²) < 4.78 is 37.2. The first-order valence-corrected chi connectivity index (χ1v) is 14.6. The van der Waals surface area contributed by atoms with Crippen LogP contribution in [0, 0.1) is 5.92 Å². The van der Waals surface area contributed by atoms with Crippen LogP contribution in [0.1, 0.15) is 72.3 Å². The number of rotatable bonds is 6. The molecule has 202 valence electrons. The molecule has 2 aliphatic carbocycles. The Morgan fingerprint density at radius 1 is 1.11 bits per heavy atom. The van der Waals surface area contributed by atoms with Crippen molar-refractivity contribution in [3.05, 3.63) is 39.0 Å². The number of piperidine rings is 1. The van der Waals surface area contributed by atoms with Crippen LogP contribution in [0.25, 0.3) is 10.9 Å². The lowest BCUT2D eigenvalue weighted by Gasteiger charge is -2.34. The number of hydrogen-bond acceptors (Lipinski definition) is 6. The third-order valence-electron chi connectivity index (χ3n) is 7.46. The molecule has 5 rings (SSSR count). The highest BCUT2D eigenvalue weighted by Gasteiger charge is 2.41. The van der Waals surface area contributed by atoms with Crippen molar-refractivity contribution < 1.29 is 17.9 Å². The van der Waals surface area contributed by atoms with E-state index in [1.165, 1.54) is 16.7 Å². The summed E-state index contributed by atoms with van der Waals surface area (Å²) in [6, 6.07) is 4.07. The normalized spacial score (nSPS) is 20.3. The minimum atomic E-state index is -3.81. The van der Waals surface area contributed by atoms with Gasteiger partial charge in [-0.25, -0.2) is 22.7 Å². The number of ether oxygens (including phenoxy) is 1. The summed E-state index contributed by atoms with van der Waals surface area (Å²) in [5, 5.41) is 0.221. The number of fused-ring (bicyclic) bond motifs is 1. The molecule has 3 fully saturated rings. The van der Waals surface area contributed by atoms with E-state index in [1.54, 1.807) is 15.5 Å². The Labute approximate surface area is 216 Å². The Balaban J connectivity index is 1.51. The molecule has 0 atom stereocenters. The summed E-state index contributed by atoms with van der Waals surface area (Å²) in [7, 11) is -3.81. The molecule has 1 N–H and O–H groups in total. The number of likely N-dealkylation sites (tertiary alicyclic amines) is 1. The van der Waals surface area contributed by atoms with Gasteiger partial charge in [0.05, 0.1) is 15.8 Å². The maximum atomic E-state index is 13.7. The Bertz CT molecular complexity index is 1450. The lowest BCUT2D eigenvalue weighted by atomic mass is 10.0. The van der Waals surface area contributed by atoms with Gasteiger partial charge < -0.3 is 9.64 Å². The topological polar surface area (TPSA) is 120 Å². The summed E-state index contributed by atoms with van der Waals surface area (Å²) in [6.45, 7) is 8.51. The zero-order valence-electron chi connectivity index (χ0n) is 22.0. The highest BCUT2D eigenvalue weighted by atomic mass is 32.2. The highest BCUT2D eigenvalue weighted by molar-refractivity contribution is 7.89. The number of carbonyl (C=O) groups is 1. The zero-order valence-corrected chi connectivity index (χ0v) is 22.8. The van der Waals surface area contributed by atoms with E-state index in [9.17, 15) is 22.8 Å². The Kier molecular flexibility index (Phi) is 6.30. The van der Waals surface area contributed by atoms with Gasteiger partial charge in [0.25, 0.3) is 5.56 Å². The molecule has 1 aliphatic heterocycles. The standard InChI is InChI=1S/C26H36N4O6S/c1-25(2,3)36-24(33)28-13-9-18(10-14-28)30-22(31)20-15-19(37(34,35)27-26(4)11-12-26)7-8-21(20)29(23(30)32)16-17-5-6-17/h7-8,15,17-18,27H,5-6,9-14,16H2,1-4H3. The van der Waals surface area contributed by atoms with Gasteiger partial charge in [-0.1, -0.05) is 0 Å². The summed E-state index contributed by atoms with van der Waals surface area (Å²) in [4.78, 5) is 41.5. The van der Waals surface area contributed by atoms with Gasteiger partial charge in [-0.2, -0.15) is 0 Å². The molecule has 3 aliphatic rings. The van der Waals surface area contributed by atoms with Gasteiger partial charge in [-0.15, -0.1) is 0 Å². The number of aromatic nitrogens is 2. The average Bonchev–Trinajstić information content (AvgIpc) is 3.74. The van der Waals surface area contributed by atoms with Crippen LogP contribution in [0.4, 0.5) is 4.79 Å². The van der Waals surface area contributed by atoms with E-state index in [1.807, 2.05) is 27.7 Å². The number of benzene rings is 1. The predicted octanol–water partition coefficient (Wildman–Crippen LogP) is 2.98. The first-order chi connectivity index (χ1) is 17.3. The van der Waals surface area contributed by atoms with Gasteiger partial charge in [-0.05, 0) is 90.3 Å². The van der Waals surface area contributed by atoms with E-state index >= 15 is 0 Å². The number of hydrogen-bond donors (Lipinski definition) is 1. The van der Waals surface area contributed by atoms with Crippen LogP contribution in [0.2, 0.25) is 0 Å². The summed E-state index contributed by atoms with van der Waals surface area (Å²) >= 11 is 0. The van der Waals surface area contributed by atoms with Crippen LogP contribution in [0.5, 0.6) is 0 Å². The summed E-state index contributed by atoms with van der Waals surface area (Å²) in [5.41, 5.74) is -1.46. The maximum Gasteiger partial charge on any atom is 0.410 e. The van der Waals surface area contributed by atoms with Crippen LogP contribution in [-0.4, -0.2) is 52.8 Å². The monoisotopic (exact) mass is 532 g/mol. The van der Waals surface area contributed by atoms with Crippen molar-refractivity contribution in [1.29, 1.82) is 0 Å². The molecule has 2 aromatic rings. The molecule has 11 heteroatoms. The van der Waals surface area contributed by atoms with Gasteiger partial charge in [0, 0.05) is 31.2 Å².